The molecule has 0 unspecified atom stereocenters. The molecule has 102 valence electrons. The predicted molar refractivity (Wildman–Crippen MR) is 76.9 cm³/mol. The molecule has 0 spiro atoms. The molecule has 0 bridgehead atoms. The lowest BCUT2D eigenvalue weighted by Gasteiger charge is -2.29. The monoisotopic (exact) mass is 258 g/mol. The maximum absolute atomic E-state index is 9.23. The summed E-state index contributed by atoms with van der Waals surface area (Å²) in [5, 5.41) is 18.4. The fourth-order valence-corrected chi connectivity index (χ4v) is 2.96. The highest BCUT2D eigenvalue weighted by molar-refractivity contribution is 5.60. The number of benzene rings is 1. The molecule has 1 aliphatic carbocycles. The molecule has 1 N–H and O–H groups in total. The van der Waals surface area contributed by atoms with Crippen LogP contribution in [0.25, 0.3) is 0 Å². The lowest BCUT2D eigenvalue weighted by molar-refractivity contribution is 0.282. The van der Waals surface area contributed by atoms with Crippen LogP contribution >= 0.6 is 0 Å². The smallest absolute Gasteiger partial charge is 0.101 e. The number of aliphatic hydroxyl groups is 1. The van der Waals surface area contributed by atoms with Gasteiger partial charge >= 0.3 is 0 Å². The van der Waals surface area contributed by atoms with Crippen molar-refractivity contribution in [1.29, 1.82) is 5.26 Å². The normalized spacial score (nSPS) is 16.1. The topological polar surface area (TPSA) is 47.3 Å². The second-order valence-electron chi connectivity index (χ2n) is 5.51. The van der Waals surface area contributed by atoms with E-state index < -0.39 is 0 Å². The minimum atomic E-state index is -0.0126. The second-order valence-corrected chi connectivity index (χ2v) is 5.51. The summed E-state index contributed by atoms with van der Waals surface area (Å²) in [6.45, 7) is 1.01. The van der Waals surface area contributed by atoms with Crippen molar-refractivity contribution in [2.45, 2.75) is 38.7 Å². The molecule has 0 saturated heterocycles. The quantitative estimate of drug-likeness (QED) is 0.903. The Morgan fingerprint density at radius 2 is 2.05 bits per heavy atom. The summed E-state index contributed by atoms with van der Waals surface area (Å²) < 4.78 is 0. The summed E-state index contributed by atoms with van der Waals surface area (Å²) >= 11 is 0. The van der Waals surface area contributed by atoms with Gasteiger partial charge in [-0.25, -0.2) is 0 Å². The standard InChI is InChI=1S/C16H22N2O/c1-18(11-13-5-3-2-4-6-13)16-8-7-14(12-19)9-15(16)10-17/h7-9,13,19H,2-6,11-12H2,1H3. The Hall–Kier alpha value is -1.53. The van der Waals surface area contributed by atoms with Gasteiger partial charge in [0.2, 0.25) is 0 Å². The highest BCUT2D eigenvalue weighted by Gasteiger charge is 2.17. The molecule has 19 heavy (non-hydrogen) atoms. The Kier molecular flexibility index (Phi) is 4.81. The summed E-state index contributed by atoms with van der Waals surface area (Å²) in [4.78, 5) is 2.19. The number of aliphatic hydroxyl groups excluding tert-OH is 1. The molecule has 0 aromatic heterocycles. The van der Waals surface area contributed by atoms with E-state index in [2.05, 4.69) is 18.0 Å². The van der Waals surface area contributed by atoms with Crippen LogP contribution in [0.1, 0.15) is 43.2 Å². The summed E-state index contributed by atoms with van der Waals surface area (Å²) in [6.07, 6.45) is 6.66. The van der Waals surface area contributed by atoms with Gasteiger partial charge in [0.15, 0.2) is 0 Å². The van der Waals surface area contributed by atoms with Gasteiger partial charge < -0.3 is 10.0 Å². The van der Waals surface area contributed by atoms with Crippen LogP contribution in [0.4, 0.5) is 5.69 Å². The van der Waals surface area contributed by atoms with E-state index in [4.69, 9.17) is 5.11 Å². The first kappa shape index (κ1) is 13.9. The molecule has 0 heterocycles. The third kappa shape index (κ3) is 3.48. The minimum absolute atomic E-state index is 0.0126. The zero-order valence-corrected chi connectivity index (χ0v) is 11.6. The van der Waals surface area contributed by atoms with Crippen molar-refractivity contribution in [3.63, 3.8) is 0 Å². The number of nitriles is 1. The van der Waals surface area contributed by atoms with Crippen LogP contribution < -0.4 is 4.90 Å². The lowest BCUT2D eigenvalue weighted by Crippen LogP contribution is -2.27. The van der Waals surface area contributed by atoms with Gasteiger partial charge in [0.05, 0.1) is 17.9 Å². The van der Waals surface area contributed by atoms with Crippen LogP contribution in [0.5, 0.6) is 0 Å². The number of hydrogen-bond donors (Lipinski definition) is 1. The zero-order chi connectivity index (χ0) is 13.7. The van der Waals surface area contributed by atoms with Crippen molar-refractivity contribution in [2.75, 3.05) is 18.5 Å². The highest BCUT2D eigenvalue weighted by Crippen LogP contribution is 2.27. The molecule has 1 aromatic rings. The van der Waals surface area contributed by atoms with E-state index in [1.165, 1.54) is 32.1 Å². The number of hydrogen-bond acceptors (Lipinski definition) is 3. The summed E-state index contributed by atoms with van der Waals surface area (Å²) in [5.74, 6) is 0.753. The van der Waals surface area contributed by atoms with Gasteiger partial charge in [-0.15, -0.1) is 0 Å². The van der Waals surface area contributed by atoms with Gasteiger partial charge in [0.25, 0.3) is 0 Å². The molecule has 1 aromatic carbocycles. The fraction of sp³-hybridized carbons (Fsp3) is 0.562. The van der Waals surface area contributed by atoms with Gasteiger partial charge in [0, 0.05) is 13.6 Å². The van der Waals surface area contributed by atoms with E-state index in [0.29, 0.717) is 5.56 Å². The molecular formula is C16H22N2O. The second kappa shape index (κ2) is 6.58. The van der Waals surface area contributed by atoms with E-state index in [9.17, 15) is 5.26 Å². The molecule has 0 amide bonds. The molecule has 3 nitrogen and oxygen atoms in total. The SMILES string of the molecule is CN(CC1CCCCC1)c1ccc(CO)cc1C#N. The van der Waals surface area contributed by atoms with Crippen molar-refractivity contribution in [2.24, 2.45) is 5.92 Å². The first-order valence-corrected chi connectivity index (χ1v) is 7.09. The maximum Gasteiger partial charge on any atom is 0.101 e. The number of rotatable bonds is 4. The predicted octanol–water partition coefficient (Wildman–Crippen LogP) is 3.07. The van der Waals surface area contributed by atoms with Crippen LogP contribution in [-0.4, -0.2) is 18.7 Å². The largest absolute Gasteiger partial charge is 0.392 e. The van der Waals surface area contributed by atoms with Gasteiger partial charge in [-0.3, -0.25) is 0 Å². The first-order valence-electron chi connectivity index (χ1n) is 7.09. The van der Waals surface area contributed by atoms with Crippen LogP contribution in [-0.2, 0) is 6.61 Å². The average Bonchev–Trinajstić information content (AvgIpc) is 2.47. The molecule has 2 rings (SSSR count). The Balaban J connectivity index is 2.09. The Morgan fingerprint density at radius 1 is 1.32 bits per heavy atom. The lowest BCUT2D eigenvalue weighted by atomic mass is 9.89. The maximum atomic E-state index is 9.23. The number of anilines is 1. The van der Waals surface area contributed by atoms with E-state index in [1.54, 1.807) is 6.07 Å². The summed E-state index contributed by atoms with van der Waals surface area (Å²) in [5.41, 5.74) is 2.43. The van der Waals surface area contributed by atoms with E-state index in [1.807, 2.05) is 12.1 Å². The van der Waals surface area contributed by atoms with Crippen molar-refractivity contribution < 1.29 is 5.11 Å². The van der Waals surface area contributed by atoms with Crippen molar-refractivity contribution in [3.05, 3.63) is 29.3 Å². The molecule has 1 fully saturated rings. The fourth-order valence-electron chi connectivity index (χ4n) is 2.96. The molecule has 1 aliphatic rings. The molecule has 0 atom stereocenters. The Morgan fingerprint density at radius 3 is 2.68 bits per heavy atom. The van der Waals surface area contributed by atoms with Crippen molar-refractivity contribution >= 4 is 5.69 Å². The van der Waals surface area contributed by atoms with Crippen molar-refractivity contribution in [3.8, 4) is 6.07 Å². The third-order valence-electron chi connectivity index (χ3n) is 4.03. The highest BCUT2D eigenvalue weighted by atomic mass is 16.3. The van der Waals surface area contributed by atoms with Gasteiger partial charge in [-0.1, -0.05) is 25.3 Å². The zero-order valence-electron chi connectivity index (χ0n) is 11.6. The van der Waals surface area contributed by atoms with Crippen LogP contribution in [0.2, 0.25) is 0 Å². The van der Waals surface area contributed by atoms with Gasteiger partial charge in [0.1, 0.15) is 6.07 Å². The average molecular weight is 258 g/mol. The van der Waals surface area contributed by atoms with Crippen LogP contribution in [0, 0.1) is 17.2 Å². The first-order chi connectivity index (χ1) is 9.24. The van der Waals surface area contributed by atoms with E-state index in [-0.39, 0.29) is 6.61 Å². The van der Waals surface area contributed by atoms with Crippen molar-refractivity contribution in [1.82, 2.24) is 0 Å². The Bertz CT molecular complexity index is 458. The number of nitrogens with zero attached hydrogens (tertiary/aromatic N) is 2. The van der Waals surface area contributed by atoms with Gasteiger partial charge in [-0.2, -0.15) is 5.26 Å². The molecule has 3 heteroatoms. The van der Waals surface area contributed by atoms with Gasteiger partial charge in [-0.05, 0) is 36.5 Å². The third-order valence-corrected chi connectivity index (χ3v) is 4.03. The van der Waals surface area contributed by atoms with Crippen LogP contribution in [0.3, 0.4) is 0 Å². The molecule has 1 saturated carbocycles. The van der Waals surface area contributed by atoms with Crippen LogP contribution in [0.15, 0.2) is 18.2 Å². The molecule has 0 radical (unpaired) electrons. The summed E-state index contributed by atoms with van der Waals surface area (Å²) in [6, 6.07) is 7.87. The summed E-state index contributed by atoms with van der Waals surface area (Å²) in [7, 11) is 2.06. The minimum Gasteiger partial charge on any atom is -0.392 e. The van der Waals surface area contributed by atoms with E-state index in [0.717, 1.165) is 23.7 Å². The Labute approximate surface area is 115 Å². The van der Waals surface area contributed by atoms with E-state index >= 15 is 0 Å². The molecule has 0 aliphatic heterocycles. The molecular weight excluding hydrogens is 236 g/mol.